The fourth-order valence-corrected chi connectivity index (χ4v) is 2.35. The van der Waals surface area contributed by atoms with Crippen molar-refractivity contribution in [1.29, 1.82) is 0 Å². The third-order valence-electron chi connectivity index (χ3n) is 3.17. The molecule has 0 unspecified atom stereocenters. The molecule has 0 atom stereocenters. The number of rotatable bonds is 3. The number of Topliss-reactive ketones (excluding diaryl/α,β-unsaturated/α-hetero) is 1. The molecule has 0 saturated heterocycles. The molecule has 0 N–H and O–H groups in total. The topological polar surface area (TPSA) is 26.3 Å². The number of hydrogen-bond donors (Lipinski definition) is 0. The maximum atomic E-state index is 11.1. The van der Waals surface area contributed by atoms with Crippen molar-refractivity contribution in [1.82, 2.24) is 0 Å². The van der Waals surface area contributed by atoms with Crippen molar-refractivity contribution >= 4 is 17.4 Å². The Morgan fingerprint density at radius 2 is 2.06 bits per heavy atom. The summed E-state index contributed by atoms with van der Waals surface area (Å²) >= 11 is 6.14. The van der Waals surface area contributed by atoms with Crippen LogP contribution in [-0.2, 0) is 16.1 Å². The monoisotopic (exact) mass is 252 g/mol. The van der Waals surface area contributed by atoms with Gasteiger partial charge in [-0.2, -0.15) is 0 Å². The molecule has 0 amide bonds. The summed E-state index contributed by atoms with van der Waals surface area (Å²) in [6.07, 6.45) is 3.23. The Labute approximate surface area is 107 Å². The standard InChI is InChI=1S/C14H17ClO2/c1-10-2-3-11(14(15)8-10)9-17-13-6-4-12(16)5-7-13/h2-3,8,13H,4-7,9H2,1H3. The molecule has 1 aromatic carbocycles. The zero-order chi connectivity index (χ0) is 12.3. The lowest BCUT2D eigenvalue weighted by atomic mass is 9.96. The van der Waals surface area contributed by atoms with Gasteiger partial charge in [0, 0.05) is 17.9 Å². The van der Waals surface area contributed by atoms with E-state index in [1.807, 2.05) is 25.1 Å². The van der Waals surface area contributed by atoms with Crippen molar-refractivity contribution in [3.63, 3.8) is 0 Å². The van der Waals surface area contributed by atoms with Gasteiger partial charge in [0.05, 0.1) is 12.7 Å². The largest absolute Gasteiger partial charge is 0.373 e. The van der Waals surface area contributed by atoms with E-state index >= 15 is 0 Å². The Kier molecular flexibility index (Phi) is 4.19. The van der Waals surface area contributed by atoms with Gasteiger partial charge in [0.25, 0.3) is 0 Å². The third-order valence-corrected chi connectivity index (χ3v) is 3.53. The normalized spacial score (nSPS) is 17.4. The summed E-state index contributed by atoms with van der Waals surface area (Å²) in [6.45, 7) is 2.56. The van der Waals surface area contributed by atoms with Crippen molar-refractivity contribution in [3.8, 4) is 0 Å². The number of carbonyl (C=O) groups is 1. The highest BCUT2D eigenvalue weighted by atomic mass is 35.5. The van der Waals surface area contributed by atoms with Gasteiger partial charge in [-0.3, -0.25) is 4.79 Å². The summed E-state index contributed by atoms with van der Waals surface area (Å²) in [5, 5.41) is 0.761. The van der Waals surface area contributed by atoms with E-state index in [1.54, 1.807) is 0 Å². The van der Waals surface area contributed by atoms with Gasteiger partial charge < -0.3 is 4.74 Å². The zero-order valence-electron chi connectivity index (χ0n) is 10.0. The lowest BCUT2D eigenvalue weighted by Gasteiger charge is -2.21. The lowest BCUT2D eigenvalue weighted by Crippen LogP contribution is -2.21. The first-order chi connectivity index (χ1) is 8.15. The van der Waals surface area contributed by atoms with Gasteiger partial charge in [-0.1, -0.05) is 23.7 Å². The molecular weight excluding hydrogens is 236 g/mol. The van der Waals surface area contributed by atoms with Crippen LogP contribution < -0.4 is 0 Å². The van der Waals surface area contributed by atoms with Gasteiger partial charge in [-0.15, -0.1) is 0 Å². The van der Waals surface area contributed by atoms with Gasteiger partial charge in [-0.05, 0) is 37.0 Å². The van der Waals surface area contributed by atoms with Crippen molar-refractivity contribution in [2.45, 2.75) is 45.3 Å². The molecule has 1 saturated carbocycles. The van der Waals surface area contributed by atoms with Crippen LogP contribution in [0.1, 0.15) is 36.8 Å². The Morgan fingerprint density at radius 3 is 2.71 bits per heavy atom. The molecule has 2 rings (SSSR count). The third kappa shape index (κ3) is 3.55. The van der Waals surface area contributed by atoms with Crippen LogP contribution >= 0.6 is 11.6 Å². The minimum atomic E-state index is 0.213. The highest BCUT2D eigenvalue weighted by Gasteiger charge is 2.19. The maximum absolute atomic E-state index is 11.1. The number of halogens is 1. The van der Waals surface area contributed by atoms with E-state index in [-0.39, 0.29) is 6.10 Å². The van der Waals surface area contributed by atoms with E-state index < -0.39 is 0 Å². The van der Waals surface area contributed by atoms with E-state index in [1.165, 1.54) is 0 Å². The Bertz CT molecular complexity index is 405. The highest BCUT2D eigenvalue weighted by molar-refractivity contribution is 6.31. The van der Waals surface area contributed by atoms with Crippen LogP contribution in [0.3, 0.4) is 0 Å². The van der Waals surface area contributed by atoms with Gasteiger partial charge >= 0.3 is 0 Å². The number of benzene rings is 1. The van der Waals surface area contributed by atoms with Crippen LogP contribution in [0.15, 0.2) is 18.2 Å². The zero-order valence-corrected chi connectivity index (χ0v) is 10.8. The first-order valence-corrected chi connectivity index (χ1v) is 6.41. The first-order valence-electron chi connectivity index (χ1n) is 6.03. The van der Waals surface area contributed by atoms with E-state index in [9.17, 15) is 4.79 Å². The first kappa shape index (κ1) is 12.6. The molecule has 2 nitrogen and oxygen atoms in total. The SMILES string of the molecule is Cc1ccc(COC2CCC(=O)CC2)c(Cl)c1. The predicted octanol–water partition coefficient (Wildman–Crippen LogP) is 3.68. The van der Waals surface area contributed by atoms with E-state index in [0.717, 1.165) is 29.0 Å². The molecule has 0 heterocycles. The summed E-state index contributed by atoms with van der Waals surface area (Å²) in [6, 6.07) is 5.99. The van der Waals surface area contributed by atoms with Crippen molar-refractivity contribution < 1.29 is 9.53 Å². The molecule has 1 aliphatic rings. The predicted molar refractivity (Wildman–Crippen MR) is 68.2 cm³/mol. The van der Waals surface area contributed by atoms with Crippen molar-refractivity contribution in [3.05, 3.63) is 34.3 Å². The average Bonchev–Trinajstić information content (AvgIpc) is 2.30. The summed E-state index contributed by atoms with van der Waals surface area (Å²) in [4.78, 5) is 11.1. The molecule has 17 heavy (non-hydrogen) atoms. The number of aryl methyl sites for hydroxylation is 1. The maximum Gasteiger partial charge on any atom is 0.133 e. The Morgan fingerprint density at radius 1 is 1.35 bits per heavy atom. The number of carbonyl (C=O) groups excluding carboxylic acids is 1. The molecule has 1 aromatic rings. The summed E-state index contributed by atoms with van der Waals surface area (Å²) in [5.74, 6) is 0.359. The van der Waals surface area contributed by atoms with Crippen LogP contribution in [0.4, 0.5) is 0 Å². The second-order valence-electron chi connectivity index (χ2n) is 4.64. The fourth-order valence-electron chi connectivity index (χ4n) is 2.06. The smallest absolute Gasteiger partial charge is 0.133 e. The quantitative estimate of drug-likeness (QED) is 0.820. The molecule has 0 spiro atoms. The van der Waals surface area contributed by atoms with Gasteiger partial charge in [-0.25, -0.2) is 0 Å². The number of ketones is 1. The minimum Gasteiger partial charge on any atom is -0.373 e. The molecule has 1 aliphatic carbocycles. The molecule has 0 aromatic heterocycles. The Balaban J connectivity index is 1.87. The number of ether oxygens (including phenoxy) is 1. The summed E-state index contributed by atoms with van der Waals surface area (Å²) in [5.41, 5.74) is 2.18. The van der Waals surface area contributed by atoms with Crippen LogP contribution in [-0.4, -0.2) is 11.9 Å². The van der Waals surface area contributed by atoms with Gasteiger partial charge in [0.1, 0.15) is 5.78 Å². The molecule has 0 aliphatic heterocycles. The molecular formula is C14H17ClO2. The molecule has 0 radical (unpaired) electrons. The second kappa shape index (κ2) is 5.65. The molecule has 1 fully saturated rings. The van der Waals surface area contributed by atoms with Gasteiger partial charge in [0.2, 0.25) is 0 Å². The molecule has 92 valence electrons. The molecule has 3 heteroatoms. The van der Waals surface area contributed by atoms with Crippen molar-refractivity contribution in [2.75, 3.05) is 0 Å². The van der Waals surface area contributed by atoms with Crippen LogP contribution in [0.5, 0.6) is 0 Å². The molecule has 0 bridgehead atoms. The van der Waals surface area contributed by atoms with E-state index in [2.05, 4.69) is 0 Å². The lowest BCUT2D eigenvalue weighted by molar-refractivity contribution is -0.123. The van der Waals surface area contributed by atoms with Crippen LogP contribution in [0.25, 0.3) is 0 Å². The Hall–Kier alpha value is -0.860. The second-order valence-corrected chi connectivity index (χ2v) is 5.05. The minimum absolute atomic E-state index is 0.213. The van der Waals surface area contributed by atoms with Crippen LogP contribution in [0, 0.1) is 6.92 Å². The number of hydrogen-bond acceptors (Lipinski definition) is 2. The fraction of sp³-hybridized carbons (Fsp3) is 0.500. The van der Waals surface area contributed by atoms with Crippen molar-refractivity contribution in [2.24, 2.45) is 0 Å². The van der Waals surface area contributed by atoms with E-state index in [0.29, 0.717) is 25.2 Å². The van der Waals surface area contributed by atoms with Gasteiger partial charge in [0.15, 0.2) is 0 Å². The summed E-state index contributed by atoms with van der Waals surface area (Å²) < 4.78 is 5.80. The van der Waals surface area contributed by atoms with Crippen LogP contribution in [0.2, 0.25) is 5.02 Å². The highest BCUT2D eigenvalue weighted by Crippen LogP contribution is 2.22. The average molecular weight is 253 g/mol. The van der Waals surface area contributed by atoms with E-state index in [4.69, 9.17) is 16.3 Å². The summed E-state index contributed by atoms with van der Waals surface area (Å²) in [7, 11) is 0.